The standard InChI is InChI=1S/C8H18N2S/c1-8(2,7-11)10-5-3-9-4-6-10/h9,11H,3-7H2,1-2H3. The largest absolute Gasteiger partial charge is 0.314 e. The van der Waals surface area contributed by atoms with Gasteiger partial charge in [-0.15, -0.1) is 0 Å². The number of thiol groups is 1. The first kappa shape index (κ1) is 9.36. The van der Waals surface area contributed by atoms with Crippen molar-refractivity contribution in [1.82, 2.24) is 10.2 Å². The highest BCUT2D eigenvalue weighted by Gasteiger charge is 2.25. The maximum Gasteiger partial charge on any atom is 0.0242 e. The number of rotatable bonds is 2. The Kier molecular flexibility index (Phi) is 3.22. The Bertz CT molecular complexity index is 119. The van der Waals surface area contributed by atoms with Crippen LogP contribution in [0.2, 0.25) is 0 Å². The fraction of sp³-hybridized carbons (Fsp3) is 1.00. The van der Waals surface area contributed by atoms with Gasteiger partial charge in [-0.3, -0.25) is 4.90 Å². The summed E-state index contributed by atoms with van der Waals surface area (Å²) in [6, 6.07) is 0. The molecule has 1 heterocycles. The minimum absolute atomic E-state index is 0.269. The Morgan fingerprint density at radius 3 is 2.36 bits per heavy atom. The average molecular weight is 174 g/mol. The van der Waals surface area contributed by atoms with E-state index in [2.05, 4.69) is 36.7 Å². The van der Waals surface area contributed by atoms with Gasteiger partial charge in [0.15, 0.2) is 0 Å². The van der Waals surface area contributed by atoms with Crippen LogP contribution in [-0.4, -0.2) is 42.4 Å². The summed E-state index contributed by atoms with van der Waals surface area (Å²) in [5.74, 6) is 0.938. The Hall–Kier alpha value is 0.270. The second-order valence-electron chi connectivity index (χ2n) is 3.71. The lowest BCUT2D eigenvalue weighted by Gasteiger charge is -2.40. The van der Waals surface area contributed by atoms with Crippen molar-refractivity contribution in [1.29, 1.82) is 0 Å². The summed E-state index contributed by atoms with van der Waals surface area (Å²) in [5, 5.41) is 3.34. The van der Waals surface area contributed by atoms with Crippen LogP contribution >= 0.6 is 12.6 Å². The lowest BCUT2D eigenvalue weighted by Crippen LogP contribution is -2.54. The average Bonchev–Trinajstić information content (AvgIpc) is 2.06. The van der Waals surface area contributed by atoms with E-state index in [9.17, 15) is 0 Å². The van der Waals surface area contributed by atoms with E-state index in [1.807, 2.05) is 0 Å². The van der Waals surface area contributed by atoms with Crippen LogP contribution in [-0.2, 0) is 0 Å². The lowest BCUT2D eigenvalue weighted by molar-refractivity contribution is 0.123. The third kappa shape index (κ3) is 2.36. The Morgan fingerprint density at radius 1 is 1.36 bits per heavy atom. The van der Waals surface area contributed by atoms with Gasteiger partial charge < -0.3 is 5.32 Å². The molecule has 3 heteroatoms. The molecule has 1 fully saturated rings. The molecule has 0 aliphatic carbocycles. The van der Waals surface area contributed by atoms with E-state index < -0.39 is 0 Å². The van der Waals surface area contributed by atoms with Gasteiger partial charge in [-0.1, -0.05) is 0 Å². The van der Waals surface area contributed by atoms with Gasteiger partial charge in [0, 0.05) is 37.5 Å². The van der Waals surface area contributed by atoms with E-state index in [-0.39, 0.29) is 5.54 Å². The van der Waals surface area contributed by atoms with Crippen molar-refractivity contribution in [2.45, 2.75) is 19.4 Å². The first-order valence-electron chi connectivity index (χ1n) is 4.23. The summed E-state index contributed by atoms with van der Waals surface area (Å²) in [4.78, 5) is 2.50. The molecule has 0 saturated carbocycles. The summed E-state index contributed by atoms with van der Waals surface area (Å²) in [6.07, 6.45) is 0. The van der Waals surface area contributed by atoms with Gasteiger partial charge in [0.25, 0.3) is 0 Å². The van der Waals surface area contributed by atoms with Crippen molar-refractivity contribution < 1.29 is 0 Å². The fourth-order valence-corrected chi connectivity index (χ4v) is 1.57. The quantitative estimate of drug-likeness (QED) is 0.596. The van der Waals surface area contributed by atoms with Gasteiger partial charge in [0.05, 0.1) is 0 Å². The van der Waals surface area contributed by atoms with E-state index in [0.29, 0.717) is 0 Å². The highest BCUT2D eigenvalue weighted by atomic mass is 32.1. The molecule has 1 aliphatic rings. The number of piperazine rings is 1. The molecule has 1 rings (SSSR count). The molecule has 0 radical (unpaired) electrons. The molecule has 2 nitrogen and oxygen atoms in total. The van der Waals surface area contributed by atoms with Gasteiger partial charge in [-0.25, -0.2) is 0 Å². The van der Waals surface area contributed by atoms with Crippen molar-refractivity contribution in [3.05, 3.63) is 0 Å². The Morgan fingerprint density at radius 2 is 1.91 bits per heavy atom. The Labute approximate surface area is 74.8 Å². The summed E-state index contributed by atoms with van der Waals surface area (Å²) in [5.41, 5.74) is 0.269. The summed E-state index contributed by atoms with van der Waals surface area (Å²) in [6.45, 7) is 9.08. The predicted octanol–water partition coefficient (Wildman–Crippen LogP) is 0.600. The molecule has 0 aromatic heterocycles. The van der Waals surface area contributed by atoms with Crippen LogP contribution in [0.1, 0.15) is 13.8 Å². The van der Waals surface area contributed by atoms with Gasteiger partial charge in [-0.05, 0) is 13.8 Å². The molecule has 11 heavy (non-hydrogen) atoms. The number of hydrogen-bond donors (Lipinski definition) is 2. The van der Waals surface area contributed by atoms with Gasteiger partial charge in [-0.2, -0.15) is 12.6 Å². The van der Waals surface area contributed by atoms with E-state index in [1.54, 1.807) is 0 Å². The zero-order valence-corrected chi connectivity index (χ0v) is 8.32. The minimum atomic E-state index is 0.269. The topological polar surface area (TPSA) is 15.3 Å². The number of nitrogens with zero attached hydrogens (tertiary/aromatic N) is 1. The lowest BCUT2D eigenvalue weighted by atomic mass is 10.1. The number of nitrogens with one attached hydrogen (secondary N) is 1. The number of hydrogen-bond acceptors (Lipinski definition) is 3. The third-order valence-corrected chi connectivity index (χ3v) is 3.13. The van der Waals surface area contributed by atoms with Crippen molar-refractivity contribution in [3.63, 3.8) is 0 Å². The first-order chi connectivity index (χ1) is 5.17. The first-order valence-corrected chi connectivity index (χ1v) is 4.87. The summed E-state index contributed by atoms with van der Waals surface area (Å²) >= 11 is 4.35. The molecule has 0 unspecified atom stereocenters. The normalized spacial score (nSPS) is 22.1. The summed E-state index contributed by atoms with van der Waals surface area (Å²) in [7, 11) is 0. The highest BCUT2D eigenvalue weighted by molar-refractivity contribution is 7.80. The fourth-order valence-electron chi connectivity index (χ4n) is 1.37. The summed E-state index contributed by atoms with van der Waals surface area (Å²) < 4.78 is 0. The molecular weight excluding hydrogens is 156 g/mol. The van der Waals surface area contributed by atoms with Gasteiger partial charge in [0.2, 0.25) is 0 Å². The minimum Gasteiger partial charge on any atom is -0.314 e. The molecule has 1 saturated heterocycles. The van der Waals surface area contributed by atoms with Crippen LogP contribution in [0.15, 0.2) is 0 Å². The maximum absolute atomic E-state index is 4.35. The van der Waals surface area contributed by atoms with E-state index in [1.165, 1.54) is 0 Å². The van der Waals surface area contributed by atoms with Gasteiger partial charge >= 0.3 is 0 Å². The molecule has 0 aromatic carbocycles. The monoisotopic (exact) mass is 174 g/mol. The zero-order valence-electron chi connectivity index (χ0n) is 7.43. The molecule has 66 valence electrons. The van der Waals surface area contributed by atoms with Crippen LogP contribution < -0.4 is 5.32 Å². The van der Waals surface area contributed by atoms with Crippen molar-refractivity contribution in [2.24, 2.45) is 0 Å². The zero-order chi connectivity index (χ0) is 8.32. The van der Waals surface area contributed by atoms with Crippen LogP contribution in [0.3, 0.4) is 0 Å². The SMILES string of the molecule is CC(C)(CS)N1CCNCC1. The predicted molar refractivity (Wildman–Crippen MR) is 52.4 cm³/mol. The highest BCUT2D eigenvalue weighted by Crippen LogP contribution is 2.15. The Balaban J connectivity index is 2.43. The van der Waals surface area contributed by atoms with Gasteiger partial charge in [0.1, 0.15) is 0 Å². The van der Waals surface area contributed by atoms with E-state index in [4.69, 9.17) is 0 Å². The molecule has 0 atom stereocenters. The van der Waals surface area contributed by atoms with Crippen molar-refractivity contribution in [2.75, 3.05) is 31.9 Å². The maximum atomic E-state index is 4.35. The van der Waals surface area contributed by atoms with Crippen LogP contribution in [0.4, 0.5) is 0 Å². The molecule has 0 aromatic rings. The van der Waals surface area contributed by atoms with Crippen LogP contribution in [0.5, 0.6) is 0 Å². The second-order valence-corrected chi connectivity index (χ2v) is 4.02. The molecule has 1 N–H and O–H groups in total. The molecule has 0 bridgehead atoms. The smallest absolute Gasteiger partial charge is 0.0242 e. The molecule has 0 spiro atoms. The van der Waals surface area contributed by atoms with Crippen molar-refractivity contribution >= 4 is 12.6 Å². The van der Waals surface area contributed by atoms with Crippen LogP contribution in [0.25, 0.3) is 0 Å². The third-order valence-electron chi connectivity index (χ3n) is 2.36. The molecule has 0 amide bonds. The molecule has 1 aliphatic heterocycles. The molecular formula is C8H18N2S. The van der Waals surface area contributed by atoms with Crippen molar-refractivity contribution in [3.8, 4) is 0 Å². The van der Waals surface area contributed by atoms with Crippen LogP contribution in [0, 0.1) is 0 Å². The van der Waals surface area contributed by atoms with E-state index in [0.717, 1.165) is 31.9 Å². The second kappa shape index (κ2) is 3.78. The van der Waals surface area contributed by atoms with E-state index >= 15 is 0 Å².